The minimum atomic E-state index is 0.0233. The molecule has 0 unspecified atom stereocenters. The first-order valence-corrected chi connectivity index (χ1v) is 23.2. The molecule has 0 aliphatic carbocycles. The molecule has 0 aliphatic rings. The zero-order chi connectivity index (χ0) is 5.41. The molecule has 1 nitrogen and oxygen atoms in total. The van der Waals surface area contributed by atoms with E-state index in [4.69, 9.17) is 0 Å². The second-order valence-corrected chi connectivity index (χ2v) is 28.7. The molecule has 1 N–H and O–H groups in total. The van der Waals surface area contributed by atoms with Crippen molar-refractivity contribution in [2.24, 2.45) is 0 Å². The molecule has 0 aliphatic heterocycles. The first-order valence-electron chi connectivity index (χ1n) is 1.38. The summed E-state index contributed by atoms with van der Waals surface area (Å²) in [6.07, 6.45) is 0. The molecule has 4 heteroatoms. The van der Waals surface area contributed by atoms with Gasteiger partial charge in [0, 0.05) is 0 Å². The molecule has 0 bridgehead atoms. The molecule has 0 saturated heterocycles. The number of nitrogens with one attached hydrogen (secondary N) is 1. The summed E-state index contributed by atoms with van der Waals surface area (Å²) in [5.41, 5.74) is 0. The Hall–Kier alpha value is 2.34. The predicted octanol–water partition coefficient (Wildman–Crippen LogP) is 1.23. The second kappa shape index (κ2) is 15.7. The van der Waals surface area contributed by atoms with Gasteiger partial charge in [-0.2, -0.15) is 0 Å². The SMILES string of the molecule is CNC.[I][Pb][I]. The van der Waals surface area contributed by atoms with Crippen LogP contribution in [0, 0.1) is 0 Å². The van der Waals surface area contributed by atoms with Crippen molar-refractivity contribution in [3.8, 4) is 0 Å². The zero-order valence-corrected chi connectivity index (χ0v) is 12.0. The van der Waals surface area contributed by atoms with Gasteiger partial charge in [-0.1, -0.05) is 0 Å². The van der Waals surface area contributed by atoms with Crippen molar-refractivity contribution >= 4 is 51.2 Å². The summed E-state index contributed by atoms with van der Waals surface area (Å²) in [7, 11) is 3.75. The third-order valence-electron chi connectivity index (χ3n) is 0. The van der Waals surface area contributed by atoms with Gasteiger partial charge in [0.1, 0.15) is 0 Å². The van der Waals surface area contributed by atoms with E-state index in [1.165, 1.54) is 0 Å². The first kappa shape index (κ1) is 11.2. The van der Waals surface area contributed by atoms with Gasteiger partial charge in [0.25, 0.3) is 0 Å². The van der Waals surface area contributed by atoms with Gasteiger partial charge in [-0.3, -0.25) is 0 Å². The van der Waals surface area contributed by atoms with Crippen LogP contribution in [0.1, 0.15) is 0 Å². The maximum atomic E-state index is 2.75. The molecule has 0 aromatic rings. The van der Waals surface area contributed by atoms with Gasteiger partial charge in [0.15, 0.2) is 0 Å². The molecule has 0 saturated carbocycles. The molecule has 0 aromatic carbocycles. The maximum absolute atomic E-state index is 2.75. The van der Waals surface area contributed by atoms with E-state index in [1.807, 2.05) is 14.1 Å². The van der Waals surface area contributed by atoms with Crippen molar-refractivity contribution in [3.63, 3.8) is 0 Å². The summed E-state index contributed by atoms with van der Waals surface area (Å²) in [6, 6.07) is 0. The van der Waals surface area contributed by atoms with Crippen molar-refractivity contribution in [1.82, 2.24) is 5.32 Å². The molecule has 0 atom stereocenters. The Morgan fingerprint density at radius 1 is 1.33 bits per heavy atom. The molecule has 0 amide bonds. The summed E-state index contributed by atoms with van der Waals surface area (Å²) in [6.45, 7) is 0. The first-order chi connectivity index (χ1) is 2.83. The van der Waals surface area contributed by atoms with Crippen molar-refractivity contribution in [1.29, 1.82) is 0 Å². The van der Waals surface area contributed by atoms with Gasteiger partial charge < -0.3 is 5.32 Å². The molecule has 0 fully saturated rings. The van der Waals surface area contributed by atoms with E-state index in [0.29, 0.717) is 0 Å². The van der Waals surface area contributed by atoms with Crippen LogP contribution in [0.4, 0.5) is 0 Å². The Kier molecular flexibility index (Phi) is 29.2. The van der Waals surface area contributed by atoms with E-state index < -0.39 is 0 Å². The van der Waals surface area contributed by atoms with E-state index in [0.717, 1.165) is 0 Å². The standard InChI is InChI=1S/C2H7N.2HI.Pb/c1-3-2;;;/h3H,1-2H3;2*1H;/q;;;+2/p-2. The van der Waals surface area contributed by atoms with Crippen LogP contribution in [0.15, 0.2) is 0 Å². The van der Waals surface area contributed by atoms with Crippen LogP contribution in [0.3, 0.4) is 0 Å². The quantitative estimate of drug-likeness (QED) is 0.386. The van der Waals surface area contributed by atoms with Crippen LogP contribution in [0.25, 0.3) is 0 Å². The summed E-state index contributed by atoms with van der Waals surface area (Å²) < 4.78 is 0. The zero-order valence-electron chi connectivity index (χ0n) is 3.76. The Labute approximate surface area is 69.1 Å². The van der Waals surface area contributed by atoms with Crippen LogP contribution in [-0.2, 0) is 0 Å². The van der Waals surface area contributed by atoms with Crippen LogP contribution < -0.4 is 5.32 Å². The van der Waals surface area contributed by atoms with Crippen molar-refractivity contribution in [3.05, 3.63) is 0 Å². The van der Waals surface area contributed by atoms with Crippen LogP contribution >= 0.6 is 35.5 Å². The summed E-state index contributed by atoms with van der Waals surface area (Å²) in [5, 5.41) is 2.75. The molecule has 2 radical (unpaired) electrons. The summed E-state index contributed by atoms with van der Waals surface area (Å²) in [5.74, 6) is 0. The number of halogens is 2. The Balaban J connectivity index is 0. The van der Waals surface area contributed by atoms with Gasteiger partial charge in [-0.15, -0.1) is 0 Å². The monoisotopic (exact) mass is 507 g/mol. The van der Waals surface area contributed by atoms with E-state index in [1.54, 1.807) is 0 Å². The topological polar surface area (TPSA) is 12.0 Å². The molecular formula is C2H7I2NPb. The molecule has 0 heterocycles. The average molecular weight is 506 g/mol. The third-order valence-corrected chi connectivity index (χ3v) is 0. The van der Waals surface area contributed by atoms with Gasteiger partial charge >= 0.3 is 51.2 Å². The second-order valence-electron chi connectivity index (χ2n) is 0.571. The summed E-state index contributed by atoms with van der Waals surface area (Å²) in [4.78, 5) is 0. The molecule has 38 valence electrons. The van der Waals surface area contributed by atoms with Gasteiger partial charge in [-0.25, -0.2) is 0 Å². The van der Waals surface area contributed by atoms with Gasteiger partial charge in [0.05, 0.1) is 0 Å². The number of rotatable bonds is 0. The normalized spacial score (nSPS) is 6.00. The Morgan fingerprint density at radius 2 is 1.33 bits per heavy atom. The fourth-order valence-corrected chi connectivity index (χ4v) is 0. The van der Waals surface area contributed by atoms with Crippen LogP contribution in [0.2, 0.25) is 0 Å². The van der Waals surface area contributed by atoms with E-state index in [2.05, 4.69) is 40.8 Å². The molecular weight excluding hydrogens is 499 g/mol. The molecule has 0 rings (SSSR count). The minimum absolute atomic E-state index is 0.0233. The van der Waals surface area contributed by atoms with Gasteiger partial charge in [0.2, 0.25) is 0 Å². The Morgan fingerprint density at radius 3 is 1.33 bits per heavy atom. The van der Waals surface area contributed by atoms with E-state index in [-0.39, 0.29) is 15.6 Å². The number of hydrogen-bond donors (Lipinski definition) is 1. The molecule has 0 aromatic heterocycles. The van der Waals surface area contributed by atoms with Crippen molar-refractivity contribution in [2.45, 2.75) is 0 Å². The fraction of sp³-hybridized carbons (Fsp3) is 1.00. The van der Waals surface area contributed by atoms with E-state index in [9.17, 15) is 0 Å². The predicted molar refractivity (Wildman–Crippen MR) is 48.8 cm³/mol. The van der Waals surface area contributed by atoms with Crippen molar-refractivity contribution < 1.29 is 0 Å². The van der Waals surface area contributed by atoms with E-state index >= 15 is 0 Å². The molecule has 0 spiro atoms. The van der Waals surface area contributed by atoms with Crippen molar-refractivity contribution in [2.75, 3.05) is 14.1 Å². The third kappa shape index (κ3) is 33.0. The molecule has 6 heavy (non-hydrogen) atoms. The van der Waals surface area contributed by atoms with Gasteiger partial charge in [-0.05, 0) is 14.1 Å². The van der Waals surface area contributed by atoms with Crippen LogP contribution in [-0.4, -0.2) is 29.7 Å². The Bertz CT molecular complexity index is 13.5. The average Bonchev–Trinajstić information content (AvgIpc) is 1.39. The fourth-order valence-electron chi connectivity index (χ4n) is 0. The number of hydrogen-bond acceptors (Lipinski definition) is 1. The van der Waals surface area contributed by atoms with Crippen LogP contribution in [0.5, 0.6) is 0 Å². The summed E-state index contributed by atoms with van der Waals surface area (Å²) >= 11 is 4.96.